The van der Waals surface area contributed by atoms with Crippen LogP contribution in [0.5, 0.6) is 0 Å². The van der Waals surface area contributed by atoms with Gasteiger partial charge in [0.15, 0.2) is 5.82 Å². The summed E-state index contributed by atoms with van der Waals surface area (Å²) >= 11 is 0. The number of anilines is 1. The first-order chi connectivity index (χ1) is 7.22. The Kier molecular flexibility index (Phi) is 2.41. The van der Waals surface area contributed by atoms with Crippen LogP contribution in [0.25, 0.3) is 11.4 Å². The molecule has 1 aromatic heterocycles. The third kappa shape index (κ3) is 1.70. The standard InChI is InChI=1S/C11H14N4/c1-3-15-11(13-7-14-15)10-6-9(12)5-4-8(10)2/h4-7H,3,12H2,1-2H3. The van der Waals surface area contributed by atoms with E-state index in [4.69, 9.17) is 5.73 Å². The van der Waals surface area contributed by atoms with Gasteiger partial charge in [-0.3, -0.25) is 0 Å². The zero-order valence-corrected chi connectivity index (χ0v) is 8.94. The molecule has 0 radical (unpaired) electrons. The minimum absolute atomic E-state index is 0.751. The van der Waals surface area contributed by atoms with E-state index in [1.165, 1.54) is 0 Å². The van der Waals surface area contributed by atoms with Crippen LogP contribution >= 0.6 is 0 Å². The van der Waals surface area contributed by atoms with Crippen molar-refractivity contribution < 1.29 is 0 Å². The van der Waals surface area contributed by atoms with E-state index in [1.807, 2.05) is 36.7 Å². The molecule has 1 heterocycles. The molecule has 0 saturated carbocycles. The minimum Gasteiger partial charge on any atom is -0.399 e. The summed E-state index contributed by atoms with van der Waals surface area (Å²) in [5.41, 5.74) is 8.73. The Bertz CT molecular complexity index is 473. The summed E-state index contributed by atoms with van der Waals surface area (Å²) in [7, 11) is 0. The van der Waals surface area contributed by atoms with Crippen molar-refractivity contribution in [3.05, 3.63) is 30.1 Å². The highest BCUT2D eigenvalue weighted by molar-refractivity contribution is 5.65. The number of aromatic nitrogens is 3. The van der Waals surface area contributed by atoms with Crippen LogP contribution in [0.3, 0.4) is 0 Å². The van der Waals surface area contributed by atoms with Crippen LogP contribution in [-0.2, 0) is 6.54 Å². The predicted molar refractivity (Wildman–Crippen MR) is 60.3 cm³/mol. The van der Waals surface area contributed by atoms with Crippen LogP contribution in [0.1, 0.15) is 12.5 Å². The Morgan fingerprint density at radius 2 is 2.20 bits per heavy atom. The Labute approximate surface area is 88.8 Å². The van der Waals surface area contributed by atoms with Crippen molar-refractivity contribution in [3.8, 4) is 11.4 Å². The fourth-order valence-corrected chi connectivity index (χ4v) is 1.58. The molecule has 2 N–H and O–H groups in total. The summed E-state index contributed by atoms with van der Waals surface area (Å²) in [6.07, 6.45) is 1.57. The lowest BCUT2D eigenvalue weighted by molar-refractivity contribution is 0.665. The number of rotatable bonds is 2. The number of hydrogen-bond acceptors (Lipinski definition) is 3. The predicted octanol–water partition coefficient (Wildman–Crippen LogP) is 1.86. The molecule has 1 aromatic carbocycles. The maximum atomic E-state index is 5.77. The fourth-order valence-electron chi connectivity index (χ4n) is 1.58. The lowest BCUT2D eigenvalue weighted by atomic mass is 10.1. The molecule has 0 saturated heterocycles. The van der Waals surface area contributed by atoms with Gasteiger partial charge in [0.25, 0.3) is 0 Å². The van der Waals surface area contributed by atoms with Crippen molar-refractivity contribution >= 4 is 5.69 Å². The van der Waals surface area contributed by atoms with Gasteiger partial charge in [-0.25, -0.2) is 9.67 Å². The molecule has 0 aliphatic heterocycles. The Morgan fingerprint density at radius 3 is 2.93 bits per heavy atom. The molecule has 4 heteroatoms. The highest BCUT2D eigenvalue weighted by Crippen LogP contribution is 2.23. The highest BCUT2D eigenvalue weighted by Gasteiger charge is 2.08. The van der Waals surface area contributed by atoms with Crippen LogP contribution in [0, 0.1) is 6.92 Å². The van der Waals surface area contributed by atoms with Gasteiger partial charge in [-0.05, 0) is 31.5 Å². The summed E-state index contributed by atoms with van der Waals surface area (Å²) in [5.74, 6) is 0.877. The Morgan fingerprint density at radius 1 is 1.40 bits per heavy atom. The number of hydrogen-bond donors (Lipinski definition) is 1. The lowest BCUT2D eigenvalue weighted by Gasteiger charge is -2.07. The SMILES string of the molecule is CCn1ncnc1-c1cc(N)ccc1C. The second-order valence-corrected chi connectivity index (χ2v) is 3.47. The molecule has 0 unspecified atom stereocenters. The maximum absolute atomic E-state index is 5.77. The molecular formula is C11H14N4. The molecular weight excluding hydrogens is 188 g/mol. The molecule has 2 aromatic rings. The molecule has 4 nitrogen and oxygen atoms in total. The average Bonchev–Trinajstić information content (AvgIpc) is 2.69. The van der Waals surface area contributed by atoms with Gasteiger partial charge in [-0.15, -0.1) is 0 Å². The minimum atomic E-state index is 0.751. The average molecular weight is 202 g/mol. The van der Waals surface area contributed by atoms with Gasteiger partial charge in [0, 0.05) is 17.8 Å². The quantitative estimate of drug-likeness (QED) is 0.756. The molecule has 0 spiro atoms. The van der Waals surface area contributed by atoms with Crippen LogP contribution in [0.2, 0.25) is 0 Å². The number of nitrogen functional groups attached to an aromatic ring is 1. The highest BCUT2D eigenvalue weighted by atomic mass is 15.3. The van der Waals surface area contributed by atoms with Gasteiger partial charge in [0.2, 0.25) is 0 Å². The second-order valence-electron chi connectivity index (χ2n) is 3.47. The normalized spacial score (nSPS) is 10.5. The molecule has 15 heavy (non-hydrogen) atoms. The zero-order valence-electron chi connectivity index (χ0n) is 8.94. The first-order valence-corrected chi connectivity index (χ1v) is 4.96. The monoisotopic (exact) mass is 202 g/mol. The van der Waals surface area contributed by atoms with Gasteiger partial charge in [0.05, 0.1) is 0 Å². The van der Waals surface area contributed by atoms with E-state index in [0.29, 0.717) is 0 Å². The summed E-state index contributed by atoms with van der Waals surface area (Å²) in [4.78, 5) is 4.26. The second kappa shape index (κ2) is 3.73. The van der Waals surface area contributed by atoms with E-state index in [9.17, 15) is 0 Å². The van der Waals surface area contributed by atoms with Crippen LogP contribution < -0.4 is 5.73 Å². The van der Waals surface area contributed by atoms with Crippen LogP contribution in [0.4, 0.5) is 5.69 Å². The van der Waals surface area contributed by atoms with Crippen molar-refractivity contribution in [3.63, 3.8) is 0 Å². The van der Waals surface area contributed by atoms with Crippen molar-refractivity contribution in [1.29, 1.82) is 0 Å². The molecule has 0 aliphatic carbocycles. The summed E-state index contributed by atoms with van der Waals surface area (Å²) in [6.45, 7) is 4.90. The Hall–Kier alpha value is -1.84. The van der Waals surface area contributed by atoms with Gasteiger partial charge < -0.3 is 5.73 Å². The van der Waals surface area contributed by atoms with E-state index in [1.54, 1.807) is 6.33 Å². The largest absolute Gasteiger partial charge is 0.399 e. The van der Waals surface area contributed by atoms with Crippen LogP contribution in [0.15, 0.2) is 24.5 Å². The zero-order chi connectivity index (χ0) is 10.8. The number of aryl methyl sites for hydroxylation is 2. The van der Waals surface area contributed by atoms with Gasteiger partial charge >= 0.3 is 0 Å². The van der Waals surface area contributed by atoms with E-state index in [0.717, 1.165) is 29.2 Å². The fraction of sp³-hybridized carbons (Fsp3) is 0.273. The van der Waals surface area contributed by atoms with E-state index in [-0.39, 0.29) is 0 Å². The lowest BCUT2D eigenvalue weighted by Crippen LogP contribution is -2.01. The topological polar surface area (TPSA) is 56.7 Å². The summed E-state index contributed by atoms with van der Waals surface area (Å²) < 4.78 is 1.86. The van der Waals surface area contributed by atoms with Gasteiger partial charge in [0.1, 0.15) is 6.33 Å². The maximum Gasteiger partial charge on any atom is 0.158 e. The van der Waals surface area contributed by atoms with Crippen molar-refractivity contribution in [2.75, 3.05) is 5.73 Å². The number of nitrogens with two attached hydrogens (primary N) is 1. The molecule has 0 atom stereocenters. The van der Waals surface area contributed by atoms with Crippen LogP contribution in [-0.4, -0.2) is 14.8 Å². The molecule has 0 fully saturated rings. The molecule has 0 aliphatic rings. The van der Waals surface area contributed by atoms with Gasteiger partial charge in [-0.2, -0.15) is 5.10 Å². The van der Waals surface area contributed by atoms with Crippen molar-refractivity contribution in [2.24, 2.45) is 0 Å². The summed E-state index contributed by atoms with van der Waals surface area (Å²) in [6, 6.07) is 5.83. The third-order valence-electron chi connectivity index (χ3n) is 2.42. The summed E-state index contributed by atoms with van der Waals surface area (Å²) in [5, 5.41) is 4.15. The smallest absolute Gasteiger partial charge is 0.158 e. The third-order valence-corrected chi connectivity index (χ3v) is 2.42. The van der Waals surface area contributed by atoms with E-state index < -0.39 is 0 Å². The van der Waals surface area contributed by atoms with Crippen molar-refractivity contribution in [2.45, 2.75) is 20.4 Å². The number of benzene rings is 1. The molecule has 0 amide bonds. The van der Waals surface area contributed by atoms with E-state index in [2.05, 4.69) is 10.1 Å². The first-order valence-electron chi connectivity index (χ1n) is 4.96. The first kappa shape index (κ1) is 9.71. The molecule has 2 rings (SSSR count). The van der Waals surface area contributed by atoms with Crippen molar-refractivity contribution in [1.82, 2.24) is 14.8 Å². The molecule has 0 bridgehead atoms. The Balaban J connectivity index is 2.58. The van der Waals surface area contributed by atoms with E-state index >= 15 is 0 Å². The molecule has 78 valence electrons. The number of nitrogens with zero attached hydrogens (tertiary/aromatic N) is 3. The van der Waals surface area contributed by atoms with Gasteiger partial charge in [-0.1, -0.05) is 6.07 Å².